The fourth-order valence-corrected chi connectivity index (χ4v) is 4.22. The summed E-state index contributed by atoms with van der Waals surface area (Å²) in [6.45, 7) is 14.2. The van der Waals surface area contributed by atoms with Crippen LogP contribution in [0.25, 0.3) is 0 Å². The largest absolute Gasteiger partial charge is 0.415 e. The van der Waals surface area contributed by atoms with Gasteiger partial charge in [0.1, 0.15) is 0 Å². The van der Waals surface area contributed by atoms with Crippen LogP contribution in [0.3, 0.4) is 0 Å². The molecule has 0 aliphatic rings. The van der Waals surface area contributed by atoms with Crippen molar-refractivity contribution < 1.29 is 4.43 Å². The topological polar surface area (TPSA) is 33.3 Å². The summed E-state index contributed by atoms with van der Waals surface area (Å²) in [5.74, 6) is 0. The summed E-state index contributed by atoms with van der Waals surface area (Å²) >= 11 is 5.64. The molecule has 0 radical (unpaired) electrons. The van der Waals surface area contributed by atoms with Gasteiger partial charge in [0, 0.05) is 0 Å². The third kappa shape index (κ3) is 7.57. The van der Waals surface area contributed by atoms with Crippen LogP contribution in [0.4, 0.5) is 0 Å². The normalized spacial score (nSPS) is 14.1. The van der Waals surface area contributed by atoms with Gasteiger partial charge < -0.3 is 15.1 Å². The van der Waals surface area contributed by atoms with E-state index in [2.05, 4.69) is 100.0 Å². The lowest BCUT2D eigenvalue weighted by molar-refractivity contribution is 0.252. The quantitative estimate of drug-likeness (QED) is 0.408. The van der Waals surface area contributed by atoms with Gasteiger partial charge in [-0.2, -0.15) is 0 Å². The zero-order valence-electron chi connectivity index (χ0n) is 18.7. The molecule has 0 aliphatic heterocycles. The van der Waals surface area contributed by atoms with Gasteiger partial charge in [-0.1, -0.05) is 81.4 Å². The van der Waals surface area contributed by atoms with E-state index >= 15 is 0 Å². The molecule has 2 aromatic carbocycles. The number of rotatable bonds is 8. The average Bonchev–Trinajstić information content (AvgIpc) is 2.66. The molecule has 0 spiro atoms. The molecule has 0 fully saturated rings. The predicted octanol–water partition coefficient (Wildman–Crippen LogP) is 5.84. The van der Waals surface area contributed by atoms with Crippen molar-refractivity contribution in [2.24, 2.45) is 0 Å². The highest BCUT2D eigenvalue weighted by Crippen LogP contribution is 2.36. The summed E-state index contributed by atoms with van der Waals surface area (Å²) in [6, 6.07) is 21.1. The Morgan fingerprint density at radius 2 is 1.52 bits per heavy atom. The lowest BCUT2D eigenvalue weighted by Gasteiger charge is -2.37. The number of nitrogens with one attached hydrogen (secondary N) is 2. The minimum absolute atomic E-state index is 0.120. The van der Waals surface area contributed by atoms with Gasteiger partial charge in [-0.05, 0) is 54.8 Å². The van der Waals surface area contributed by atoms with Gasteiger partial charge in [0.05, 0.1) is 18.7 Å². The summed E-state index contributed by atoms with van der Waals surface area (Å²) in [4.78, 5) is 0. The molecule has 2 rings (SSSR count). The third-order valence-corrected chi connectivity index (χ3v) is 10.5. The zero-order chi connectivity index (χ0) is 21.5. The van der Waals surface area contributed by atoms with E-state index in [1.54, 1.807) is 0 Å². The molecule has 0 saturated carbocycles. The molecule has 0 amide bonds. The summed E-state index contributed by atoms with van der Waals surface area (Å²) in [7, 11) is -1.82. The molecular weight excluding hydrogens is 392 g/mol. The average molecular weight is 429 g/mol. The zero-order valence-corrected chi connectivity index (χ0v) is 20.5. The van der Waals surface area contributed by atoms with Crippen molar-refractivity contribution in [2.75, 3.05) is 6.61 Å². The molecule has 0 unspecified atom stereocenters. The van der Waals surface area contributed by atoms with Gasteiger partial charge in [-0.15, -0.1) is 0 Å². The Hall–Kier alpha value is -1.69. The van der Waals surface area contributed by atoms with Crippen molar-refractivity contribution in [3.8, 4) is 0 Å². The molecule has 0 heterocycles. The van der Waals surface area contributed by atoms with Crippen molar-refractivity contribution in [2.45, 2.75) is 64.3 Å². The summed E-state index contributed by atoms with van der Waals surface area (Å²) in [5, 5.41) is 7.78. The Bertz CT molecular complexity index is 759. The molecule has 158 valence electrons. The Morgan fingerprint density at radius 1 is 0.966 bits per heavy atom. The Balaban J connectivity index is 2.03. The molecule has 0 saturated heterocycles. The second-order valence-electron chi connectivity index (χ2n) is 9.21. The first-order valence-electron chi connectivity index (χ1n) is 10.4. The molecule has 3 nitrogen and oxygen atoms in total. The van der Waals surface area contributed by atoms with Crippen molar-refractivity contribution in [1.29, 1.82) is 0 Å². The molecule has 2 N–H and O–H groups in total. The highest BCUT2D eigenvalue weighted by atomic mass is 32.1. The molecular formula is C24H36N2OSSi. The lowest BCUT2D eigenvalue weighted by atomic mass is 10.1. The Kier molecular flexibility index (Phi) is 8.43. The van der Waals surface area contributed by atoms with Crippen molar-refractivity contribution in [1.82, 2.24) is 10.6 Å². The summed E-state index contributed by atoms with van der Waals surface area (Å²) < 4.78 is 6.51. The maximum Gasteiger partial charge on any atom is 0.192 e. The van der Waals surface area contributed by atoms with E-state index in [9.17, 15) is 0 Å². The predicted molar refractivity (Wildman–Crippen MR) is 131 cm³/mol. The van der Waals surface area contributed by atoms with E-state index < -0.39 is 8.32 Å². The maximum absolute atomic E-state index is 6.51. The van der Waals surface area contributed by atoms with E-state index in [0.717, 1.165) is 6.42 Å². The van der Waals surface area contributed by atoms with Gasteiger partial charge in [0.15, 0.2) is 13.4 Å². The molecule has 29 heavy (non-hydrogen) atoms. The number of hydrogen-bond donors (Lipinski definition) is 2. The smallest absolute Gasteiger partial charge is 0.192 e. The van der Waals surface area contributed by atoms with E-state index in [4.69, 9.17) is 16.6 Å². The molecule has 0 bridgehead atoms. The first-order valence-corrected chi connectivity index (χ1v) is 13.7. The standard InChI is InChI=1S/C24H36N2OSSi/c1-19(21-15-11-8-12-16-21)25-23(28)26-22(17-20-13-9-7-10-14-20)18-27-29(5,6)24(2,3)4/h7-16,19,22H,17-18H2,1-6H3,(H2,25,26,28)/t19-,22-/m0/s1. The van der Waals surface area contributed by atoms with Crippen LogP contribution in [0.1, 0.15) is 44.9 Å². The van der Waals surface area contributed by atoms with Gasteiger partial charge in [-0.3, -0.25) is 0 Å². The van der Waals surface area contributed by atoms with Crippen LogP contribution in [0.2, 0.25) is 18.1 Å². The molecule has 0 aliphatic carbocycles. The minimum Gasteiger partial charge on any atom is -0.415 e. The van der Waals surface area contributed by atoms with Crippen LogP contribution in [-0.4, -0.2) is 26.1 Å². The second-order valence-corrected chi connectivity index (χ2v) is 14.4. The van der Waals surface area contributed by atoms with Gasteiger partial charge in [-0.25, -0.2) is 0 Å². The molecule has 2 atom stereocenters. The van der Waals surface area contributed by atoms with Crippen molar-refractivity contribution in [3.05, 3.63) is 71.8 Å². The van der Waals surface area contributed by atoms with Gasteiger partial charge in [0.25, 0.3) is 0 Å². The fourth-order valence-electron chi connectivity index (χ4n) is 2.82. The Labute approximate surface area is 183 Å². The van der Waals surface area contributed by atoms with Crippen molar-refractivity contribution in [3.63, 3.8) is 0 Å². The van der Waals surface area contributed by atoms with E-state index in [-0.39, 0.29) is 17.1 Å². The highest BCUT2D eigenvalue weighted by molar-refractivity contribution is 7.80. The van der Waals surface area contributed by atoms with Crippen LogP contribution in [0.15, 0.2) is 60.7 Å². The van der Waals surface area contributed by atoms with E-state index in [1.807, 2.05) is 12.1 Å². The second kappa shape index (κ2) is 10.4. The first kappa shape index (κ1) is 23.6. The van der Waals surface area contributed by atoms with Crippen LogP contribution >= 0.6 is 12.2 Å². The lowest BCUT2D eigenvalue weighted by Crippen LogP contribution is -2.49. The fraction of sp³-hybridized carbons (Fsp3) is 0.458. The molecule has 2 aromatic rings. The van der Waals surface area contributed by atoms with Crippen LogP contribution in [0.5, 0.6) is 0 Å². The van der Waals surface area contributed by atoms with Crippen LogP contribution in [0, 0.1) is 0 Å². The summed E-state index contributed by atoms with van der Waals surface area (Å²) in [6.07, 6.45) is 0.872. The van der Waals surface area contributed by atoms with Crippen LogP contribution in [-0.2, 0) is 10.8 Å². The third-order valence-electron chi connectivity index (χ3n) is 5.76. The van der Waals surface area contributed by atoms with E-state index in [1.165, 1.54) is 11.1 Å². The monoisotopic (exact) mass is 428 g/mol. The van der Waals surface area contributed by atoms with Crippen LogP contribution < -0.4 is 10.6 Å². The van der Waals surface area contributed by atoms with E-state index in [0.29, 0.717) is 11.7 Å². The van der Waals surface area contributed by atoms with Gasteiger partial charge in [0.2, 0.25) is 0 Å². The highest BCUT2D eigenvalue weighted by Gasteiger charge is 2.37. The SMILES string of the molecule is C[C@H](NC(=S)N[C@H](CO[Si](C)(C)C(C)(C)C)Cc1ccccc1)c1ccccc1. The number of benzene rings is 2. The molecule has 5 heteroatoms. The minimum atomic E-state index is -1.82. The Morgan fingerprint density at radius 3 is 2.07 bits per heavy atom. The first-order chi connectivity index (χ1) is 13.6. The molecule has 0 aromatic heterocycles. The maximum atomic E-state index is 6.51. The van der Waals surface area contributed by atoms with Crippen molar-refractivity contribution >= 4 is 25.6 Å². The van der Waals surface area contributed by atoms with Gasteiger partial charge >= 0.3 is 0 Å². The number of hydrogen-bond acceptors (Lipinski definition) is 2. The summed E-state index contributed by atoms with van der Waals surface area (Å²) in [5.41, 5.74) is 2.50. The number of thiocarbonyl (C=S) groups is 1.